The molecule has 138 valence electrons. The van der Waals surface area contributed by atoms with Crippen molar-refractivity contribution in [2.75, 3.05) is 13.1 Å². The van der Waals surface area contributed by atoms with E-state index >= 15 is 0 Å². The van der Waals surface area contributed by atoms with Crippen LogP contribution in [0.15, 0.2) is 30.3 Å². The average molecular weight is 347 g/mol. The van der Waals surface area contributed by atoms with Crippen molar-refractivity contribution in [3.63, 3.8) is 0 Å². The van der Waals surface area contributed by atoms with Crippen LogP contribution >= 0.6 is 0 Å². The molecule has 0 aliphatic carbocycles. The molecule has 1 atom stereocenters. The van der Waals surface area contributed by atoms with Crippen molar-refractivity contribution in [3.8, 4) is 0 Å². The molecule has 3 amide bonds. The molecule has 1 aromatic carbocycles. The summed E-state index contributed by atoms with van der Waals surface area (Å²) in [5.74, 6) is -0.462. The molecular weight excluding hydrogens is 318 g/mol. The molecule has 1 rings (SSSR count). The fraction of sp³-hybridized carbons (Fsp3) is 0.526. The molecule has 6 nitrogen and oxygen atoms in total. The fourth-order valence-electron chi connectivity index (χ4n) is 2.42. The summed E-state index contributed by atoms with van der Waals surface area (Å²) in [6.45, 7) is 6.20. The van der Waals surface area contributed by atoms with Gasteiger partial charge >= 0.3 is 0 Å². The van der Waals surface area contributed by atoms with E-state index in [1.165, 1.54) is 0 Å². The minimum absolute atomic E-state index is 0.123. The Kier molecular flexibility index (Phi) is 9.29. The van der Waals surface area contributed by atoms with Crippen LogP contribution in [-0.2, 0) is 20.8 Å². The van der Waals surface area contributed by atoms with E-state index in [9.17, 15) is 14.4 Å². The first-order valence-electron chi connectivity index (χ1n) is 8.80. The van der Waals surface area contributed by atoms with E-state index in [-0.39, 0.29) is 30.2 Å². The number of benzene rings is 1. The van der Waals surface area contributed by atoms with Gasteiger partial charge in [0.2, 0.25) is 17.7 Å². The number of likely N-dealkylation sites (N-methyl/N-ethyl adjacent to an activating group) is 1. The van der Waals surface area contributed by atoms with Gasteiger partial charge in [-0.05, 0) is 31.2 Å². The van der Waals surface area contributed by atoms with Crippen molar-refractivity contribution in [3.05, 3.63) is 35.9 Å². The van der Waals surface area contributed by atoms with Crippen LogP contribution in [0.4, 0.5) is 0 Å². The van der Waals surface area contributed by atoms with E-state index < -0.39 is 6.04 Å². The molecule has 0 saturated carbocycles. The van der Waals surface area contributed by atoms with Gasteiger partial charge in [-0.1, -0.05) is 44.2 Å². The Morgan fingerprint density at radius 1 is 1.00 bits per heavy atom. The molecular formula is C19H29N3O3. The number of aryl methyl sites for hydroxylation is 1. The van der Waals surface area contributed by atoms with Crippen LogP contribution in [0.25, 0.3) is 0 Å². The second-order valence-electron chi connectivity index (χ2n) is 6.41. The van der Waals surface area contributed by atoms with Crippen molar-refractivity contribution in [2.24, 2.45) is 5.92 Å². The van der Waals surface area contributed by atoms with Crippen molar-refractivity contribution in [2.45, 2.75) is 46.1 Å². The van der Waals surface area contributed by atoms with Crippen LogP contribution in [0.2, 0.25) is 0 Å². The summed E-state index contributed by atoms with van der Waals surface area (Å²) < 4.78 is 0. The molecule has 0 saturated heterocycles. The van der Waals surface area contributed by atoms with E-state index in [1.54, 1.807) is 0 Å². The molecule has 0 aliphatic rings. The Morgan fingerprint density at radius 3 is 2.28 bits per heavy atom. The van der Waals surface area contributed by atoms with Gasteiger partial charge in [0.15, 0.2) is 0 Å². The predicted molar refractivity (Wildman–Crippen MR) is 97.8 cm³/mol. The van der Waals surface area contributed by atoms with E-state index in [4.69, 9.17) is 0 Å². The minimum atomic E-state index is -0.575. The summed E-state index contributed by atoms with van der Waals surface area (Å²) in [7, 11) is 0. The normalized spacial score (nSPS) is 11.7. The highest BCUT2D eigenvalue weighted by molar-refractivity contribution is 5.90. The second-order valence-corrected chi connectivity index (χ2v) is 6.41. The zero-order chi connectivity index (χ0) is 18.7. The predicted octanol–water partition coefficient (Wildman–Crippen LogP) is 1.40. The summed E-state index contributed by atoms with van der Waals surface area (Å²) >= 11 is 0. The first-order chi connectivity index (χ1) is 11.9. The van der Waals surface area contributed by atoms with Crippen molar-refractivity contribution in [1.82, 2.24) is 16.0 Å². The van der Waals surface area contributed by atoms with Crippen LogP contribution in [0.1, 0.15) is 39.2 Å². The van der Waals surface area contributed by atoms with Crippen LogP contribution in [0, 0.1) is 5.92 Å². The third kappa shape index (κ3) is 8.88. The van der Waals surface area contributed by atoms with Gasteiger partial charge < -0.3 is 16.0 Å². The molecule has 3 N–H and O–H groups in total. The quantitative estimate of drug-likeness (QED) is 0.598. The smallest absolute Gasteiger partial charge is 0.242 e. The van der Waals surface area contributed by atoms with Crippen LogP contribution in [0.3, 0.4) is 0 Å². The molecule has 0 radical (unpaired) electrons. The lowest BCUT2D eigenvalue weighted by Crippen LogP contribution is -2.50. The van der Waals surface area contributed by atoms with E-state index in [0.29, 0.717) is 25.8 Å². The van der Waals surface area contributed by atoms with Gasteiger partial charge in [0, 0.05) is 13.0 Å². The molecule has 1 unspecified atom stereocenters. The number of amides is 3. The van der Waals surface area contributed by atoms with Gasteiger partial charge in [0.25, 0.3) is 0 Å². The number of rotatable bonds is 10. The maximum absolute atomic E-state index is 12.0. The first kappa shape index (κ1) is 20.7. The molecule has 6 heteroatoms. The van der Waals surface area contributed by atoms with E-state index in [2.05, 4.69) is 16.0 Å². The summed E-state index contributed by atoms with van der Waals surface area (Å²) in [5, 5.41) is 8.01. The maximum Gasteiger partial charge on any atom is 0.242 e. The van der Waals surface area contributed by atoms with Gasteiger partial charge in [0.1, 0.15) is 6.04 Å². The molecule has 0 bridgehead atoms. The number of hydrogen-bond donors (Lipinski definition) is 3. The van der Waals surface area contributed by atoms with Crippen molar-refractivity contribution in [1.29, 1.82) is 0 Å². The standard InChI is InChI=1S/C19H29N3O3/c1-4-20-19(25)16(12-14(2)3)22-18(24)13-21-17(23)11-10-15-8-6-5-7-9-15/h5-9,14,16H,4,10-13H2,1-3H3,(H,20,25)(H,21,23)(H,22,24). The van der Waals surface area contributed by atoms with Gasteiger partial charge in [-0.3, -0.25) is 14.4 Å². The summed E-state index contributed by atoms with van der Waals surface area (Å²) in [6, 6.07) is 9.13. The van der Waals surface area contributed by atoms with Gasteiger partial charge in [0.05, 0.1) is 6.54 Å². The lowest BCUT2D eigenvalue weighted by molar-refractivity contribution is -0.130. The van der Waals surface area contributed by atoms with Gasteiger partial charge in [-0.25, -0.2) is 0 Å². The molecule has 1 aromatic rings. The monoisotopic (exact) mass is 347 g/mol. The SMILES string of the molecule is CCNC(=O)C(CC(C)C)NC(=O)CNC(=O)CCc1ccccc1. The Balaban J connectivity index is 2.37. The first-order valence-corrected chi connectivity index (χ1v) is 8.80. The number of nitrogens with one attached hydrogen (secondary N) is 3. The summed E-state index contributed by atoms with van der Waals surface area (Å²) in [5.41, 5.74) is 1.08. The number of carbonyl (C=O) groups excluding carboxylic acids is 3. The van der Waals surface area contributed by atoms with Gasteiger partial charge in [-0.15, -0.1) is 0 Å². The zero-order valence-corrected chi connectivity index (χ0v) is 15.3. The highest BCUT2D eigenvalue weighted by Crippen LogP contribution is 2.05. The third-order valence-electron chi connectivity index (χ3n) is 3.64. The summed E-state index contributed by atoms with van der Waals surface area (Å²) in [6.07, 6.45) is 1.51. The largest absolute Gasteiger partial charge is 0.355 e. The van der Waals surface area contributed by atoms with Crippen LogP contribution in [0.5, 0.6) is 0 Å². The van der Waals surface area contributed by atoms with E-state index in [0.717, 1.165) is 5.56 Å². The number of carbonyl (C=O) groups is 3. The Bertz CT molecular complexity index is 558. The van der Waals surface area contributed by atoms with Crippen molar-refractivity contribution < 1.29 is 14.4 Å². The minimum Gasteiger partial charge on any atom is -0.355 e. The molecule has 0 aromatic heterocycles. The zero-order valence-electron chi connectivity index (χ0n) is 15.3. The highest BCUT2D eigenvalue weighted by atomic mass is 16.2. The molecule has 25 heavy (non-hydrogen) atoms. The Morgan fingerprint density at radius 2 is 1.68 bits per heavy atom. The average Bonchev–Trinajstić information content (AvgIpc) is 2.58. The maximum atomic E-state index is 12.0. The fourth-order valence-corrected chi connectivity index (χ4v) is 2.42. The molecule has 0 aliphatic heterocycles. The van der Waals surface area contributed by atoms with Gasteiger partial charge in [-0.2, -0.15) is 0 Å². The van der Waals surface area contributed by atoms with E-state index in [1.807, 2.05) is 51.1 Å². The second kappa shape index (κ2) is 11.2. The Labute approximate surface area is 149 Å². The summed E-state index contributed by atoms with van der Waals surface area (Å²) in [4.78, 5) is 35.9. The lowest BCUT2D eigenvalue weighted by atomic mass is 10.0. The Hall–Kier alpha value is -2.37. The topological polar surface area (TPSA) is 87.3 Å². The third-order valence-corrected chi connectivity index (χ3v) is 3.64. The molecule has 0 heterocycles. The highest BCUT2D eigenvalue weighted by Gasteiger charge is 2.21. The van der Waals surface area contributed by atoms with Crippen molar-refractivity contribution >= 4 is 17.7 Å². The molecule has 0 fully saturated rings. The molecule has 0 spiro atoms. The number of hydrogen-bond acceptors (Lipinski definition) is 3. The van der Waals surface area contributed by atoms with Crippen LogP contribution < -0.4 is 16.0 Å². The van der Waals surface area contributed by atoms with Crippen LogP contribution in [-0.4, -0.2) is 36.9 Å². The lowest BCUT2D eigenvalue weighted by Gasteiger charge is -2.20.